The Balaban J connectivity index is 2.09. The molecule has 3 rings (SSSR count). The van der Waals surface area contributed by atoms with Crippen molar-refractivity contribution in [1.29, 1.82) is 0 Å². The topological polar surface area (TPSA) is 55.8 Å². The van der Waals surface area contributed by atoms with E-state index in [-0.39, 0.29) is 11.4 Å². The highest BCUT2D eigenvalue weighted by molar-refractivity contribution is 7.92. The van der Waals surface area contributed by atoms with Crippen LogP contribution in [0.4, 0.5) is 5.69 Å². The summed E-state index contributed by atoms with van der Waals surface area (Å²) in [6.45, 7) is 2.19. The lowest BCUT2D eigenvalue weighted by atomic mass is 10.1. The van der Waals surface area contributed by atoms with Crippen molar-refractivity contribution in [2.75, 3.05) is 18.5 Å². The predicted molar refractivity (Wildman–Crippen MR) is 111 cm³/mol. The molecule has 3 aromatic rings. The van der Waals surface area contributed by atoms with E-state index in [0.29, 0.717) is 17.2 Å². The lowest BCUT2D eigenvalue weighted by Gasteiger charge is -2.26. The summed E-state index contributed by atoms with van der Waals surface area (Å²) in [6, 6.07) is 21.2. The second-order valence-electron chi connectivity index (χ2n) is 6.32. The first-order valence-corrected chi connectivity index (χ1v) is 10.2. The number of rotatable bonds is 7. The Labute approximate surface area is 166 Å². The van der Waals surface area contributed by atoms with E-state index in [1.165, 1.54) is 4.31 Å². The fraction of sp³-hybridized carbons (Fsp3) is 0.182. The molecule has 0 saturated heterocycles. The second-order valence-corrected chi connectivity index (χ2v) is 8.18. The summed E-state index contributed by atoms with van der Waals surface area (Å²) in [4.78, 5) is 0.199. The molecule has 0 N–H and O–H groups in total. The Kier molecular flexibility index (Phi) is 5.90. The lowest BCUT2D eigenvalue weighted by molar-refractivity contribution is 0.414. The molecule has 0 heterocycles. The monoisotopic (exact) mass is 397 g/mol. The van der Waals surface area contributed by atoms with E-state index in [9.17, 15) is 8.42 Å². The van der Waals surface area contributed by atoms with Gasteiger partial charge in [-0.3, -0.25) is 4.31 Å². The molecule has 0 amide bonds. The van der Waals surface area contributed by atoms with E-state index in [1.54, 1.807) is 62.8 Å². The first-order chi connectivity index (χ1) is 13.5. The van der Waals surface area contributed by atoms with Crippen molar-refractivity contribution in [3.8, 4) is 11.5 Å². The van der Waals surface area contributed by atoms with Gasteiger partial charge in [-0.05, 0) is 54.4 Å². The lowest BCUT2D eigenvalue weighted by Crippen LogP contribution is -2.30. The number of hydrogen-bond acceptors (Lipinski definition) is 4. The summed E-state index contributed by atoms with van der Waals surface area (Å²) in [5.74, 6) is 1.20. The largest absolute Gasteiger partial charge is 0.497 e. The quantitative estimate of drug-likeness (QED) is 0.593. The van der Waals surface area contributed by atoms with Crippen LogP contribution in [0.15, 0.2) is 77.7 Å². The number of aryl methyl sites for hydroxylation is 1. The number of nitrogens with zero attached hydrogens (tertiary/aromatic N) is 1. The summed E-state index contributed by atoms with van der Waals surface area (Å²) >= 11 is 0. The van der Waals surface area contributed by atoms with Gasteiger partial charge in [0.2, 0.25) is 0 Å². The Hall–Kier alpha value is -2.99. The molecule has 0 spiro atoms. The van der Waals surface area contributed by atoms with Gasteiger partial charge in [0.15, 0.2) is 0 Å². The summed E-state index contributed by atoms with van der Waals surface area (Å²) in [5, 5.41) is 0. The van der Waals surface area contributed by atoms with Gasteiger partial charge in [-0.1, -0.05) is 30.3 Å². The van der Waals surface area contributed by atoms with Gasteiger partial charge < -0.3 is 9.47 Å². The van der Waals surface area contributed by atoms with Gasteiger partial charge in [-0.2, -0.15) is 0 Å². The van der Waals surface area contributed by atoms with Crippen LogP contribution in [0, 0.1) is 6.92 Å². The molecule has 0 bridgehead atoms. The van der Waals surface area contributed by atoms with Crippen LogP contribution in [0.1, 0.15) is 11.1 Å². The summed E-state index contributed by atoms with van der Waals surface area (Å²) in [7, 11) is -0.693. The SMILES string of the molecule is COc1ccc(S(=O)(=O)N(Cc2ccccc2C)c2cccc(OC)c2)cc1. The van der Waals surface area contributed by atoms with Crippen molar-refractivity contribution in [3.05, 3.63) is 83.9 Å². The van der Waals surface area contributed by atoms with E-state index < -0.39 is 10.0 Å². The molecule has 28 heavy (non-hydrogen) atoms. The van der Waals surface area contributed by atoms with Gasteiger partial charge in [-0.25, -0.2) is 8.42 Å². The molecule has 0 atom stereocenters. The Morgan fingerprint density at radius 2 is 1.50 bits per heavy atom. The highest BCUT2D eigenvalue weighted by atomic mass is 32.2. The molecule has 0 fully saturated rings. The van der Waals surface area contributed by atoms with Crippen molar-refractivity contribution < 1.29 is 17.9 Å². The summed E-state index contributed by atoms with van der Waals surface area (Å²) < 4.78 is 38.8. The molecule has 146 valence electrons. The van der Waals surface area contributed by atoms with Gasteiger partial charge in [0.05, 0.1) is 31.3 Å². The molecular weight excluding hydrogens is 374 g/mol. The maximum atomic E-state index is 13.5. The Morgan fingerprint density at radius 3 is 2.14 bits per heavy atom. The first-order valence-electron chi connectivity index (χ1n) is 8.81. The molecule has 0 aliphatic rings. The molecule has 0 radical (unpaired) electrons. The highest BCUT2D eigenvalue weighted by Gasteiger charge is 2.26. The minimum atomic E-state index is -3.80. The third-order valence-electron chi connectivity index (χ3n) is 4.56. The van der Waals surface area contributed by atoms with Gasteiger partial charge in [0, 0.05) is 6.07 Å². The maximum Gasteiger partial charge on any atom is 0.264 e. The van der Waals surface area contributed by atoms with E-state index in [4.69, 9.17) is 9.47 Å². The zero-order valence-corrected chi connectivity index (χ0v) is 16.9. The molecular formula is C22H23NO4S. The number of hydrogen-bond donors (Lipinski definition) is 0. The average molecular weight is 397 g/mol. The molecule has 3 aromatic carbocycles. The van der Waals surface area contributed by atoms with E-state index in [2.05, 4.69) is 0 Å². The van der Waals surface area contributed by atoms with Crippen LogP contribution >= 0.6 is 0 Å². The van der Waals surface area contributed by atoms with Crippen LogP contribution < -0.4 is 13.8 Å². The maximum absolute atomic E-state index is 13.5. The third-order valence-corrected chi connectivity index (χ3v) is 6.35. The average Bonchev–Trinajstić information content (AvgIpc) is 2.73. The van der Waals surface area contributed by atoms with Gasteiger partial charge in [0.25, 0.3) is 10.0 Å². The second kappa shape index (κ2) is 8.35. The number of benzene rings is 3. The van der Waals surface area contributed by atoms with Crippen LogP contribution in [-0.2, 0) is 16.6 Å². The zero-order chi connectivity index (χ0) is 20.1. The number of ether oxygens (including phenoxy) is 2. The molecule has 0 unspecified atom stereocenters. The van der Waals surface area contributed by atoms with E-state index >= 15 is 0 Å². The summed E-state index contributed by atoms with van der Waals surface area (Å²) in [6.07, 6.45) is 0. The van der Waals surface area contributed by atoms with Gasteiger partial charge in [-0.15, -0.1) is 0 Å². The van der Waals surface area contributed by atoms with Crippen LogP contribution in [-0.4, -0.2) is 22.6 Å². The number of methoxy groups -OCH3 is 2. The minimum Gasteiger partial charge on any atom is -0.497 e. The zero-order valence-electron chi connectivity index (χ0n) is 16.1. The number of anilines is 1. The van der Waals surface area contributed by atoms with Crippen molar-refractivity contribution in [2.45, 2.75) is 18.4 Å². The van der Waals surface area contributed by atoms with Crippen LogP contribution in [0.25, 0.3) is 0 Å². The standard InChI is InChI=1S/C22H23NO4S/c1-17-7-4-5-8-18(17)16-23(19-9-6-10-21(15-19)27-3)28(24,25)22-13-11-20(26-2)12-14-22/h4-15H,16H2,1-3H3. The molecule has 0 aliphatic heterocycles. The number of sulfonamides is 1. The molecule has 0 aliphatic carbocycles. The van der Waals surface area contributed by atoms with Crippen molar-refractivity contribution >= 4 is 15.7 Å². The normalized spacial score (nSPS) is 11.1. The summed E-state index contributed by atoms with van der Waals surface area (Å²) in [5.41, 5.74) is 2.50. The van der Waals surface area contributed by atoms with Crippen molar-refractivity contribution in [3.63, 3.8) is 0 Å². The van der Waals surface area contributed by atoms with E-state index in [1.807, 2.05) is 31.2 Å². The Morgan fingerprint density at radius 1 is 0.821 bits per heavy atom. The molecule has 0 aromatic heterocycles. The first kappa shape index (κ1) is 19.8. The molecule has 5 nitrogen and oxygen atoms in total. The van der Waals surface area contributed by atoms with Crippen LogP contribution in [0.5, 0.6) is 11.5 Å². The van der Waals surface area contributed by atoms with Crippen LogP contribution in [0.2, 0.25) is 0 Å². The van der Waals surface area contributed by atoms with E-state index in [0.717, 1.165) is 11.1 Å². The third kappa shape index (κ3) is 4.12. The van der Waals surface area contributed by atoms with Crippen molar-refractivity contribution in [1.82, 2.24) is 0 Å². The predicted octanol–water partition coefficient (Wildman–Crippen LogP) is 4.41. The smallest absolute Gasteiger partial charge is 0.264 e. The van der Waals surface area contributed by atoms with Gasteiger partial charge in [0.1, 0.15) is 11.5 Å². The fourth-order valence-corrected chi connectivity index (χ4v) is 4.33. The molecule has 6 heteroatoms. The van der Waals surface area contributed by atoms with Gasteiger partial charge >= 0.3 is 0 Å². The highest BCUT2D eigenvalue weighted by Crippen LogP contribution is 2.30. The Bertz CT molecular complexity index is 1050. The van der Waals surface area contributed by atoms with Crippen molar-refractivity contribution in [2.24, 2.45) is 0 Å². The van der Waals surface area contributed by atoms with Crippen LogP contribution in [0.3, 0.4) is 0 Å². The fourth-order valence-electron chi connectivity index (χ4n) is 2.90. The molecule has 0 saturated carbocycles. The minimum absolute atomic E-state index is 0.199.